The molecule has 2 N–H and O–H groups in total. The van der Waals surface area contributed by atoms with Gasteiger partial charge in [-0.2, -0.15) is 0 Å². The van der Waals surface area contributed by atoms with Crippen LogP contribution in [0.25, 0.3) is 5.57 Å². The van der Waals surface area contributed by atoms with Gasteiger partial charge in [-0.15, -0.1) is 5.73 Å². The molecule has 1 atom stereocenters. The molecular formula is C34H37F3N4. The van der Waals surface area contributed by atoms with E-state index >= 15 is 0 Å². The predicted octanol–water partition coefficient (Wildman–Crippen LogP) is 9.12. The summed E-state index contributed by atoms with van der Waals surface area (Å²) in [6.45, 7) is 14.9. The van der Waals surface area contributed by atoms with Gasteiger partial charge in [0.25, 0.3) is 0 Å². The topological polar surface area (TPSA) is 39.7 Å². The van der Waals surface area contributed by atoms with Crippen LogP contribution in [-0.2, 0) is 0 Å². The second kappa shape index (κ2) is 13.4. The van der Waals surface area contributed by atoms with Crippen LogP contribution in [0.5, 0.6) is 0 Å². The Balaban J connectivity index is 1.49. The number of piperidine rings is 1. The number of hydrogen-bond acceptors (Lipinski definition) is 3. The lowest BCUT2D eigenvalue weighted by molar-refractivity contribution is 0.319. The Morgan fingerprint density at radius 2 is 1.73 bits per heavy atom. The zero-order valence-corrected chi connectivity index (χ0v) is 23.9. The second-order valence-corrected chi connectivity index (χ2v) is 10.6. The minimum absolute atomic E-state index is 0.219. The van der Waals surface area contributed by atoms with Crippen molar-refractivity contribution in [3.63, 3.8) is 0 Å². The SMILES string of the molecule is C=C=C(C)c1cc(NC2CCN(C(=Nc3ccccc3C)C(=C)CC(C)F)CC2)ccc1Nc1cc(F)cc(F)c1. The van der Waals surface area contributed by atoms with Crippen LogP contribution in [0.15, 0.2) is 90.1 Å². The average Bonchev–Trinajstić information content (AvgIpc) is 2.92. The molecule has 1 aliphatic rings. The van der Waals surface area contributed by atoms with Gasteiger partial charge in [0.05, 0.1) is 5.69 Å². The lowest BCUT2D eigenvalue weighted by atomic mass is 10.0. The van der Waals surface area contributed by atoms with E-state index in [-0.39, 0.29) is 12.5 Å². The van der Waals surface area contributed by atoms with Crippen molar-refractivity contribution in [1.29, 1.82) is 0 Å². The van der Waals surface area contributed by atoms with Crippen LogP contribution in [0.3, 0.4) is 0 Å². The summed E-state index contributed by atoms with van der Waals surface area (Å²) in [7, 11) is 0. The van der Waals surface area contributed by atoms with Gasteiger partial charge in [0.15, 0.2) is 0 Å². The van der Waals surface area contributed by atoms with Gasteiger partial charge in [-0.25, -0.2) is 18.2 Å². The number of nitrogens with zero attached hydrogens (tertiary/aromatic N) is 2. The highest BCUT2D eigenvalue weighted by Gasteiger charge is 2.24. The number of nitrogens with one attached hydrogen (secondary N) is 2. The number of hydrogen-bond donors (Lipinski definition) is 2. The first-order valence-electron chi connectivity index (χ1n) is 13.8. The van der Waals surface area contributed by atoms with Crippen LogP contribution in [-0.4, -0.2) is 36.0 Å². The molecule has 1 heterocycles. The van der Waals surface area contributed by atoms with Gasteiger partial charge < -0.3 is 15.5 Å². The highest BCUT2D eigenvalue weighted by Crippen LogP contribution is 2.31. The van der Waals surface area contributed by atoms with Crippen molar-refractivity contribution in [2.75, 3.05) is 23.7 Å². The van der Waals surface area contributed by atoms with E-state index in [1.54, 1.807) is 6.92 Å². The monoisotopic (exact) mass is 558 g/mol. The van der Waals surface area contributed by atoms with Gasteiger partial charge in [0, 0.05) is 54.2 Å². The van der Waals surface area contributed by atoms with Crippen LogP contribution >= 0.6 is 0 Å². The number of amidine groups is 1. The normalized spacial score (nSPS) is 14.8. The number of anilines is 3. The molecule has 0 radical (unpaired) electrons. The van der Waals surface area contributed by atoms with Crippen molar-refractivity contribution in [2.45, 2.75) is 52.2 Å². The van der Waals surface area contributed by atoms with Crippen molar-refractivity contribution >= 4 is 34.2 Å². The van der Waals surface area contributed by atoms with Gasteiger partial charge in [-0.05, 0) is 86.7 Å². The summed E-state index contributed by atoms with van der Waals surface area (Å²) in [6, 6.07) is 17.3. The molecule has 1 aliphatic heterocycles. The van der Waals surface area contributed by atoms with Crippen molar-refractivity contribution < 1.29 is 13.2 Å². The highest BCUT2D eigenvalue weighted by atomic mass is 19.1. The number of aliphatic imine (C=N–C) groups is 1. The first-order chi connectivity index (χ1) is 19.6. The third kappa shape index (κ3) is 7.92. The molecule has 3 aromatic carbocycles. The first-order valence-corrected chi connectivity index (χ1v) is 13.8. The number of allylic oxidation sites excluding steroid dienone is 1. The molecule has 4 nitrogen and oxygen atoms in total. The van der Waals surface area contributed by atoms with Gasteiger partial charge in [-0.1, -0.05) is 31.4 Å². The maximum absolute atomic E-state index is 13.9. The van der Waals surface area contributed by atoms with Crippen molar-refractivity contribution in [1.82, 2.24) is 4.90 Å². The molecule has 41 heavy (non-hydrogen) atoms. The molecule has 1 fully saturated rings. The van der Waals surface area contributed by atoms with E-state index in [4.69, 9.17) is 4.99 Å². The lowest BCUT2D eigenvalue weighted by Crippen LogP contribution is -2.43. The second-order valence-electron chi connectivity index (χ2n) is 10.6. The van der Waals surface area contributed by atoms with Crippen LogP contribution in [0.1, 0.15) is 44.2 Å². The maximum Gasteiger partial charge on any atom is 0.131 e. The van der Waals surface area contributed by atoms with E-state index in [1.807, 2.05) is 56.3 Å². The zero-order chi connectivity index (χ0) is 29.5. The maximum atomic E-state index is 13.9. The van der Waals surface area contributed by atoms with Crippen LogP contribution in [0, 0.1) is 18.6 Å². The summed E-state index contributed by atoms with van der Waals surface area (Å²) in [5.41, 5.74) is 9.12. The molecule has 4 rings (SSSR count). The Morgan fingerprint density at radius 1 is 1.05 bits per heavy atom. The Bertz CT molecular complexity index is 1460. The van der Waals surface area contributed by atoms with Crippen molar-refractivity contribution in [2.24, 2.45) is 4.99 Å². The molecule has 0 bridgehead atoms. The molecule has 7 heteroatoms. The molecule has 0 amide bonds. The number of likely N-dealkylation sites (tertiary alicyclic amines) is 1. The summed E-state index contributed by atoms with van der Waals surface area (Å²) in [5, 5.41) is 6.75. The molecule has 0 saturated carbocycles. The van der Waals surface area contributed by atoms with Gasteiger partial charge >= 0.3 is 0 Å². The Hall–Kier alpha value is -4.22. The summed E-state index contributed by atoms with van der Waals surface area (Å²) >= 11 is 0. The van der Waals surface area contributed by atoms with Crippen LogP contribution in [0.4, 0.5) is 35.9 Å². The quantitative estimate of drug-likeness (QED) is 0.156. The van der Waals surface area contributed by atoms with Crippen LogP contribution < -0.4 is 10.6 Å². The fraction of sp³-hybridized carbons (Fsp3) is 0.294. The molecule has 1 saturated heterocycles. The summed E-state index contributed by atoms with van der Waals surface area (Å²) in [6.07, 6.45) is 0.965. The number of aryl methyl sites for hydroxylation is 1. The van der Waals surface area contributed by atoms with E-state index in [0.29, 0.717) is 16.9 Å². The minimum atomic E-state index is -0.997. The van der Waals surface area contributed by atoms with E-state index in [1.165, 1.54) is 12.1 Å². The standard InChI is InChI=1S/C34H37F3N4/c1-6-22(2)31-21-29(11-12-33(31)39-30-19-26(36)18-27(37)20-30)38-28-13-15-41(16-14-28)34(24(4)17-25(5)35)40-32-10-8-7-9-23(32)3/h7-12,18-21,25,28,38-39H,1,4,13-17H2,2-3,5H3. The van der Waals surface area contributed by atoms with Crippen molar-refractivity contribution in [3.8, 4) is 0 Å². The predicted molar refractivity (Wildman–Crippen MR) is 165 cm³/mol. The Labute approximate surface area is 241 Å². The smallest absolute Gasteiger partial charge is 0.131 e. The third-order valence-corrected chi connectivity index (χ3v) is 7.18. The summed E-state index contributed by atoms with van der Waals surface area (Å²) in [5.74, 6) is -0.547. The fourth-order valence-corrected chi connectivity index (χ4v) is 5.01. The van der Waals surface area contributed by atoms with Gasteiger partial charge in [-0.3, -0.25) is 0 Å². The van der Waals surface area contributed by atoms with E-state index in [9.17, 15) is 13.2 Å². The summed E-state index contributed by atoms with van der Waals surface area (Å²) in [4.78, 5) is 7.13. The van der Waals surface area contributed by atoms with Gasteiger partial charge in [0.2, 0.25) is 0 Å². The van der Waals surface area contributed by atoms with Crippen molar-refractivity contribution in [3.05, 3.63) is 108 Å². The fourth-order valence-electron chi connectivity index (χ4n) is 5.01. The number of benzene rings is 3. The largest absolute Gasteiger partial charge is 0.382 e. The van der Waals surface area contributed by atoms with E-state index in [2.05, 4.69) is 34.4 Å². The highest BCUT2D eigenvalue weighted by molar-refractivity contribution is 5.99. The molecule has 3 aromatic rings. The number of alkyl halides is 1. The Morgan fingerprint density at radius 3 is 2.37 bits per heavy atom. The molecule has 214 valence electrons. The minimum Gasteiger partial charge on any atom is -0.382 e. The first kappa shape index (κ1) is 29.8. The van der Waals surface area contributed by atoms with E-state index < -0.39 is 17.8 Å². The molecule has 0 aromatic heterocycles. The summed E-state index contributed by atoms with van der Waals surface area (Å²) < 4.78 is 41.4. The third-order valence-electron chi connectivity index (χ3n) is 7.18. The molecule has 0 spiro atoms. The lowest BCUT2D eigenvalue weighted by Gasteiger charge is -2.36. The van der Waals surface area contributed by atoms with Crippen LogP contribution in [0.2, 0.25) is 0 Å². The Kier molecular flexibility index (Phi) is 9.74. The van der Waals surface area contributed by atoms with Gasteiger partial charge in [0.1, 0.15) is 23.6 Å². The number of para-hydroxylation sites is 1. The number of halogens is 3. The molecule has 0 aliphatic carbocycles. The molecular weight excluding hydrogens is 521 g/mol. The molecule has 1 unspecified atom stereocenters. The number of rotatable bonds is 9. The average molecular weight is 559 g/mol. The van der Waals surface area contributed by atoms with E-state index in [0.717, 1.165) is 65.9 Å². The zero-order valence-electron chi connectivity index (χ0n) is 23.9.